The Labute approximate surface area is 129 Å². The van der Waals surface area contributed by atoms with Crippen LogP contribution in [0, 0.1) is 11.8 Å². The van der Waals surface area contributed by atoms with E-state index in [9.17, 15) is 9.59 Å². The second kappa shape index (κ2) is 11.6. The van der Waals surface area contributed by atoms with E-state index in [2.05, 4.69) is 27.7 Å². The van der Waals surface area contributed by atoms with E-state index in [0.29, 0.717) is 24.9 Å². The van der Waals surface area contributed by atoms with Crippen LogP contribution < -0.4 is 0 Å². The van der Waals surface area contributed by atoms with E-state index < -0.39 is 0 Å². The average molecular weight is 300 g/mol. The van der Waals surface area contributed by atoms with Crippen LogP contribution in [0.2, 0.25) is 0 Å². The van der Waals surface area contributed by atoms with Gasteiger partial charge in [-0.3, -0.25) is 9.59 Å². The Bertz CT molecular complexity index is 297. The summed E-state index contributed by atoms with van der Waals surface area (Å²) in [6.45, 7) is 10.9. The summed E-state index contributed by atoms with van der Waals surface area (Å²) in [5.41, 5.74) is 0. The van der Waals surface area contributed by atoms with Gasteiger partial charge >= 0.3 is 11.9 Å². The van der Waals surface area contributed by atoms with E-state index in [1.165, 1.54) is 0 Å². The van der Waals surface area contributed by atoms with Crippen LogP contribution in [-0.4, -0.2) is 24.6 Å². The minimum atomic E-state index is -0.226. The minimum Gasteiger partial charge on any atom is -0.466 e. The molecule has 0 rings (SSSR count). The number of hydrogen-bond acceptors (Lipinski definition) is 4. The predicted octanol–water partition coefficient (Wildman–Crippen LogP) is 4.11. The quantitative estimate of drug-likeness (QED) is 0.425. The van der Waals surface area contributed by atoms with Crippen LogP contribution in [0.3, 0.4) is 0 Å². The molecule has 21 heavy (non-hydrogen) atoms. The Morgan fingerprint density at radius 2 is 1.48 bits per heavy atom. The number of esters is 2. The lowest BCUT2D eigenvalue weighted by Crippen LogP contribution is -2.17. The van der Waals surface area contributed by atoms with E-state index >= 15 is 0 Å². The first-order valence-electron chi connectivity index (χ1n) is 8.16. The van der Waals surface area contributed by atoms with E-state index in [4.69, 9.17) is 9.47 Å². The van der Waals surface area contributed by atoms with Gasteiger partial charge in [0.25, 0.3) is 0 Å². The SMILES string of the molecule is CC(C)CCCOC(=O)CCCC(=O)OC(C)CC(C)C. The van der Waals surface area contributed by atoms with Gasteiger partial charge in [-0.05, 0) is 44.4 Å². The Morgan fingerprint density at radius 1 is 0.857 bits per heavy atom. The molecular formula is C17H32O4. The first-order valence-corrected chi connectivity index (χ1v) is 8.16. The van der Waals surface area contributed by atoms with Crippen molar-refractivity contribution in [1.82, 2.24) is 0 Å². The minimum absolute atomic E-state index is 0.0551. The highest BCUT2D eigenvalue weighted by Gasteiger charge is 2.12. The molecule has 0 fully saturated rings. The van der Waals surface area contributed by atoms with Crippen molar-refractivity contribution in [3.63, 3.8) is 0 Å². The first-order chi connectivity index (χ1) is 9.81. The molecule has 0 aliphatic rings. The normalized spacial score (nSPS) is 12.5. The Hall–Kier alpha value is -1.06. The monoisotopic (exact) mass is 300 g/mol. The molecule has 0 spiro atoms. The molecule has 0 radical (unpaired) electrons. The van der Waals surface area contributed by atoms with Crippen molar-refractivity contribution in [2.45, 2.75) is 79.2 Å². The molecule has 124 valence electrons. The third kappa shape index (κ3) is 13.7. The Morgan fingerprint density at radius 3 is 2.05 bits per heavy atom. The summed E-state index contributed by atoms with van der Waals surface area (Å²) < 4.78 is 10.4. The predicted molar refractivity (Wildman–Crippen MR) is 83.9 cm³/mol. The Balaban J connectivity index is 3.59. The second-order valence-electron chi connectivity index (χ2n) is 6.54. The summed E-state index contributed by atoms with van der Waals surface area (Å²) in [5, 5.41) is 0. The molecule has 0 aromatic rings. The van der Waals surface area contributed by atoms with Gasteiger partial charge in [-0.25, -0.2) is 0 Å². The summed E-state index contributed by atoms with van der Waals surface area (Å²) in [5.74, 6) is 0.692. The third-order valence-corrected chi connectivity index (χ3v) is 3.09. The zero-order valence-corrected chi connectivity index (χ0v) is 14.3. The van der Waals surface area contributed by atoms with Gasteiger partial charge in [-0.2, -0.15) is 0 Å². The van der Waals surface area contributed by atoms with Gasteiger partial charge in [0.1, 0.15) is 0 Å². The maximum absolute atomic E-state index is 11.6. The molecule has 0 aliphatic carbocycles. The third-order valence-electron chi connectivity index (χ3n) is 3.09. The highest BCUT2D eigenvalue weighted by Crippen LogP contribution is 2.10. The molecule has 0 aromatic heterocycles. The van der Waals surface area contributed by atoms with Crippen molar-refractivity contribution >= 4 is 11.9 Å². The fraction of sp³-hybridized carbons (Fsp3) is 0.882. The van der Waals surface area contributed by atoms with Gasteiger partial charge in [-0.1, -0.05) is 27.7 Å². The standard InChI is InChI=1S/C17H32O4/c1-13(2)8-7-11-20-16(18)9-6-10-17(19)21-15(5)12-14(3)4/h13-15H,6-12H2,1-5H3. The summed E-state index contributed by atoms with van der Waals surface area (Å²) in [7, 11) is 0. The van der Waals surface area contributed by atoms with E-state index in [-0.39, 0.29) is 30.9 Å². The molecule has 4 heteroatoms. The zero-order chi connectivity index (χ0) is 16.3. The van der Waals surface area contributed by atoms with Gasteiger partial charge in [0.05, 0.1) is 12.7 Å². The van der Waals surface area contributed by atoms with Crippen molar-refractivity contribution in [1.29, 1.82) is 0 Å². The van der Waals surface area contributed by atoms with Crippen molar-refractivity contribution in [2.75, 3.05) is 6.61 Å². The molecule has 0 aliphatic heterocycles. The average Bonchev–Trinajstić information content (AvgIpc) is 2.33. The molecule has 0 saturated carbocycles. The molecule has 4 nitrogen and oxygen atoms in total. The topological polar surface area (TPSA) is 52.6 Å². The first kappa shape index (κ1) is 19.9. The lowest BCUT2D eigenvalue weighted by molar-refractivity contribution is -0.149. The van der Waals surface area contributed by atoms with Crippen LogP contribution in [0.25, 0.3) is 0 Å². The van der Waals surface area contributed by atoms with Crippen LogP contribution in [0.1, 0.15) is 73.1 Å². The molecule has 1 atom stereocenters. The van der Waals surface area contributed by atoms with Crippen molar-refractivity contribution < 1.29 is 19.1 Å². The molecule has 0 amide bonds. The van der Waals surface area contributed by atoms with Gasteiger partial charge in [0.2, 0.25) is 0 Å². The summed E-state index contributed by atoms with van der Waals surface area (Å²) in [6, 6.07) is 0. The molecular weight excluding hydrogens is 268 g/mol. The van der Waals surface area contributed by atoms with Crippen LogP contribution in [0.15, 0.2) is 0 Å². The summed E-state index contributed by atoms with van der Waals surface area (Å²) in [6.07, 6.45) is 3.84. The number of rotatable bonds is 11. The fourth-order valence-corrected chi connectivity index (χ4v) is 2.12. The number of hydrogen-bond donors (Lipinski definition) is 0. The smallest absolute Gasteiger partial charge is 0.306 e. The van der Waals surface area contributed by atoms with Crippen LogP contribution in [0.5, 0.6) is 0 Å². The van der Waals surface area contributed by atoms with Gasteiger partial charge < -0.3 is 9.47 Å². The number of ether oxygens (including phenoxy) is 2. The fourth-order valence-electron chi connectivity index (χ4n) is 2.12. The molecule has 0 N–H and O–H groups in total. The van der Waals surface area contributed by atoms with Gasteiger partial charge in [-0.15, -0.1) is 0 Å². The maximum Gasteiger partial charge on any atom is 0.306 e. The molecule has 1 unspecified atom stereocenters. The summed E-state index contributed by atoms with van der Waals surface area (Å²) >= 11 is 0. The largest absolute Gasteiger partial charge is 0.466 e. The van der Waals surface area contributed by atoms with Crippen molar-refractivity contribution in [2.24, 2.45) is 11.8 Å². The highest BCUT2D eigenvalue weighted by atomic mass is 16.5. The summed E-state index contributed by atoms with van der Waals surface area (Å²) in [4.78, 5) is 23.0. The highest BCUT2D eigenvalue weighted by molar-refractivity contribution is 5.72. The van der Waals surface area contributed by atoms with Gasteiger partial charge in [0.15, 0.2) is 0 Å². The van der Waals surface area contributed by atoms with Crippen LogP contribution >= 0.6 is 0 Å². The van der Waals surface area contributed by atoms with Crippen LogP contribution in [0.4, 0.5) is 0 Å². The molecule has 0 heterocycles. The molecule has 0 aromatic carbocycles. The molecule has 0 bridgehead atoms. The second-order valence-corrected chi connectivity index (χ2v) is 6.54. The molecule has 0 saturated heterocycles. The maximum atomic E-state index is 11.6. The lowest BCUT2D eigenvalue weighted by atomic mass is 10.1. The van der Waals surface area contributed by atoms with E-state index in [1.807, 2.05) is 6.92 Å². The van der Waals surface area contributed by atoms with E-state index in [1.54, 1.807) is 0 Å². The number of carbonyl (C=O) groups is 2. The van der Waals surface area contributed by atoms with Crippen LogP contribution in [-0.2, 0) is 19.1 Å². The lowest BCUT2D eigenvalue weighted by Gasteiger charge is -2.15. The van der Waals surface area contributed by atoms with E-state index in [0.717, 1.165) is 19.3 Å². The van der Waals surface area contributed by atoms with Gasteiger partial charge in [0, 0.05) is 12.8 Å². The van der Waals surface area contributed by atoms with Crippen molar-refractivity contribution in [3.05, 3.63) is 0 Å². The van der Waals surface area contributed by atoms with Crippen molar-refractivity contribution in [3.8, 4) is 0 Å². The number of carbonyl (C=O) groups excluding carboxylic acids is 2. The zero-order valence-electron chi connectivity index (χ0n) is 14.3. The Kier molecular flexibility index (Phi) is 11.0.